The number of amides is 1. The van der Waals surface area contributed by atoms with Crippen molar-refractivity contribution in [1.29, 1.82) is 0 Å². The number of rotatable bonds is 6. The smallest absolute Gasteiger partial charge is 0.225 e. The standard InChI is InChI=1S/C23H21NO4S2/c1-3-12-28-19-7-5-4-6-17(19)18-13-21(25)24-22-20(14-29-23(18)22)30(26,27)16-10-8-15(2)9-11-16/h3-11,14,18H,1,12-13H2,2H3,(H,24,25)/t18-/m1/s1. The number of carbonyl (C=O) groups excluding carboxylic acids is 1. The van der Waals surface area contributed by atoms with Crippen molar-refractivity contribution >= 4 is 32.8 Å². The molecule has 1 aliphatic heterocycles. The van der Waals surface area contributed by atoms with E-state index in [2.05, 4.69) is 11.9 Å². The van der Waals surface area contributed by atoms with Gasteiger partial charge in [0, 0.05) is 28.2 Å². The van der Waals surface area contributed by atoms with Gasteiger partial charge >= 0.3 is 0 Å². The highest BCUT2D eigenvalue weighted by molar-refractivity contribution is 7.91. The van der Waals surface area contributed by atoms with Crippen LogP contribution in [0.4, 0.5) is 5.69 Å². The lowest BCUT2D eigenvalue weighted by Crippen LogP contribution is -2.23. The van der Waals surface area contributed by atoms with Crippen LogP contribution in [0.25, 0.3) is 0 Å². The molecule has 7 heteroatoms. The summed E-state index contributed by atoms with van der Waals surface area (Å²) >= 11 is 1.34. The number of ether oxygens (including phenoxy) is 1. The van der Waals surface area contributed by atoms with Crippen molar-refractivity contribution < 1.29 is 17.9 Å². The molecule has 0 saturated carbocycles. The predicted octanol–water partition coefficient (Wildman–Crippen LogP) is 4.93. The molecule has 0 fully saturated rings. The van der Waals surface area contributed by atoms with Gasteiger partial charge in [-0.3, -0.25) is 4.79 Å². The number of hydrogen-bond donors (Lipinski definition) is 1. The molecule has 2 heterocycles. The number of benzene rings is 2. The summed E-state index contributed by atoms with van der Waals surface area (Å²) in [5.41, 5.74) is 2.21. The third-order valence-electron chi connectivity index (χ3n) is 5.03. The normalized spacial score (nSPS) is 15.9. The van der Waals surface area contributed by atoms with E-state index in [0.717, 1.165) is 16.0 Å². The number of hydrogen-bond acceptors (Lipinski definition) is 5. The summed E-state index contributed by atoms with van der Waals surface area (Å²) in [5, 5.41) is 4.41. The maximum atomic E-state index is 13.3. The summed E-state index contributed by atoms with van der Waals surface area (Å²) < 4.78 is 32.3. The molecular weight excluding hydrogens is 418 g/mol. The molecule has 0 unspecified atom stereocenters. The monoisotopic (exact) mass is 439 g/mol. The number of carbonyl (C=O) groups is 1. The molecule has 0 saturated heterocycles. The van der Waals surface area contributed by atoms with Gasteiger partial charge in [-0.1, -0.05) is 48.6 Å². The van der Waals surface area contributed by atoms with E-state index in [0.29, 0.717) is 18.0 Å². The lowest BCUT2D eigenvalue weighted by molar-refractivity contribution is -0.116. The largest absolute Gasteiger partial charge is 0.489 e. The molecule has 4 rings (SSSR count). The van der Waals surface area contributed by atoms with Gasteiger partial charge in [0.25, 0.3) is 0 Å². The number of sulfone groups is 1. The Hall–Kier alpha value is -2.90. The molecule has 5 nitrogen and oxygen atoms in total. The Bertz CT molecular complexity index is 1210. The molecule has 154 valence electrons. The highest BCUT2D eigenvalue weighted by Crippen LogP contribution is 2.47. The van der Waals surface area contributed by atoms with Gasteiger partial charge in [-0.25, -0.2) is 8.42 Å². The SMILES string of the molecule is C=CCOc1ccccc1[C@H]1CC(=O)Nc2c(S(=O)(=O)c3ccc(C)cc3)csc21. The van der Waals surface area contributed by atoms with Gasteiger partial charge in [-0.05, 0) is 25.1 Å². The summed E-state index contributed by atoms with van der Waals surface area (Å²) in [6.07, 6.45) is 1.89. The molecule has 1 aliphatic rings. The first-order valence-corrected chi connectivity index (χ1v) is 11.8. The second kappa shape index (κ2) is 8.08. The maximum Gasteiger partial charge on any atom is 0.225 e. The molecular formula is C23H21NO4S2. The van der Waals surface area contributed by atoms with E-state index in [9.17, 15) is 13.2 Å². The van der Waals surface area contributed by atoms with Crippen molar-refractivity contribution in [3.63, 3.8) is 0 Å². The van der Waals surface area contributed by atoms with E-state index in [1.165, 1.54) is 11.3 Å². The zero-order valence-corrected chi connectivity index (χ0v) is 18.1. The van der Waals surface area contributed by atoms with Gasteiger partial charge in [0.15, 0.2) is 0 Å². The molecule has 1 amide bonds. The summed E-state index contributed by atoms with van der Waals surface area (Å²) in [6, 6.07) is 14.2. The van der Waals surface area contributed by atoms with Crippen LogP contribution in [0.5, 0.6) is 5.75 Å². The van der Waals surface area contributed by atoms with Gasteiger partial charge in [-0.2, -0.15) is 0 Å². The Morgan fingerprint density at radius 3 is 2.67 bits per heavy atom. The van der Waals surface area contributed by atoms with Crippen molar-refractivity contribution in [2.45, 2.75) is 29.1 Å². The lowest BCUT2D eigenvalue weighted by atomic mass is 9.90. The fraction of sp³-hybridized carbons (Fsp3) is 0.174. The zero-order valence-electron chi connectivity index (χ0n) is 16.4. The van der Waals surface area contributed by atoms with Gasteiger partial charge < -0.3 is 10.1 Å². The van der Waals surface area contributed by atoms with Crippen LogP contribution in [0.15, 0.2) is 76.4 Å². The fourth-order valence-corrected chi connectivity index (χ4v) is 6.45. The van der Waals surface area contributed by atoms with E-state index in [4.69, 9.17) is 4.74 Å². The molecule has 1 aromatic heterocycles. The number of fused-ring (bicyclic) bond motifs is 1. The van der Waals surface area contributed by atoms with Gasteiger partial charge in [0.1, 0.15) is 17.3 Å². The molecule has 0 bridgehead atoms. The first kappa shape index (κ1) is 20.4. The number of para-hydroxylation sites is 1. The van der Waals surface area contributed by atoms with E-state index >= 15 is 0 Å². The average Bonchev–Trinajstić information content (AvgIpc) is 3.17. The fourth-order valence-electron chi connectivity index (χ4n) is 3.55. The van der Waals surface area contributed by atoms with E-state index < -0.39 is 9.84 Å². The molecule has 1 atom stereocenters. The van der Waals surface area contributed by atoms with Gasteiger partial charge in [-0.15, -0.1) is 11.3 Å². The van der Waals surface area contributed by atoms with Crippen LogP contribution in [-0.4, -0.2) is 20.9 Å². The summed E-state index contributed by atoms with van der Waals surface area (Å²) in [5.74, 6) is 0.172. The summed E-state index contributed by atoms with van der Waals surface area (Å²) in [4.78, 5) is 13.7. The van der Waals surface area contributed by atoms with Crippen LogP contribution >= 0.6 is 11.3 Å². The van der Waals surface area contributed by atoms with Gasteiger partial charge in [0.2, 0.25) is 15.7 Å². The van der Waals surface area contributed by atoms with Crippen molar-refractivity contribution in [1.82, 2.24) is 0 Å². The van der Waals surface area contributed by atoms with E-state index in [1.54, 1.807) is 35.7 Å². The third-order valence-corrected chi connectivity index (χ3v) is 8.07. The summed E-state index contributed by atoms with van der Waals surface area (Å²) in [7, 11) is -3.76. The van der Waals surface area contributed by atoms with Crippen LogP contribution in [0.3, 0.4) is 0 Å². The zero-order chi connectivity index (χ0) is 21.3. The topological polar surface area (TPSA) is 72.5 Å². The Morgan fingerprint density at radius 1 is 1.20 bits per heavy atom. The van der Waals surface area contributed by atoms with Crippen LogP contribution in [-0.2, 0) is 14.6 Å². The molecule has 0 spiro atoms. The second-order valence-corrected chi connectivity index (χ2v) is 9.93. The quantitative estimate of drug-likeness (QED) is 0.553. The van der Waals surface area contributed by atoms with Crippen LogP contribution < -0.4 is 10.1 Å². The summed E-state index contributed by atoms with van der Waals surface area (Å²) in [6.45, 7) is 5.93. The predicted molar refractivity (Wildman–Crippen MR) is 118 cm³/mol. The van der Waals surface area contributed by atoms with E-state index in [1.807, 2.05) is 31.2 Å². The van der Waals surface area contributed by atoms with Gasteiger partial charge in [0.05, 0.1) is 10.6 Å². The Labute approximate surface area is 179 Å². The minimum atomic E-state index is -3.76. The first-order valence-electron chi connectivity index (χ1n) is 9.47. The molecule has 30 heavy (non-hydrogen) atoms. The third kappa shape index (κ3) is 3.66. The minimum absolute atomic E-state index is 0.133. The molecule has 3 aromatic rings. The number of anilines is 1. The average molecular weight is 440 g/mol. The first-order chi connectivity index (χ1) is 14.4. The maximum absolute atomic E-state index is 13.3. The highest BCUT2D eigenvalue weighted by atomic mass is 32.2. The van der Waals surface area contributed by atoms with Crippen molar-refractivity contribution in [3.8, 4) is 5.75 Å². The lowest BCUT2D eigenvalue weighted by Gasteiger charge is -2.25. The Morgan fingerprint density at radius 2 is 1.93 bits per heavy atom. The van der Waals surface area contributed by atoms with E-state index in [-0.39, 0.29) is 28.0 Å². The highest BCUT2D eigenvalue weighted by Gasteiger charge is 2.35. The number of nitrogens with one attached hydrogen (secondary N) is 1. The van der Waals surface area contributed by atoms with Crippen molar-refractivity contribution in [2.75, 3.05) is 11.9 Å². The molecule has 1 N–H and O–H groups in total. The second-order valence-electron chi connectivity index (χ2n) is 7.10. The van der Waals surface area contributed by atoms with Crippen LogP contribution in [0.1, 0.15) is 28.3 Å². The van der Waals surface area contributed by atoms with Crippen LogP contribution in [0, 0.1) is 6.92 Å². The molecule has 0 aliphatic carbocycles. The van der Waals surface area contributed by atoms with Crippen molar-refractivity contribution in [2.24, 2.45) is 0 Å². The number of thiophene rings is 1. The van der Waals surface area contributed by atoms with Crippen molar-refractivity contribution in [3.05, 3.63) is 82.6 Å². The molecule has 0 radical (unpaired) electrons. The minimum Gasteiger partial charge on any atom is -0.489 e. The number of aryl methyl sites for hydroxylation is 1. The molecule has 2 aromatic carbocycles. The Balaban J connectivity index is 1.80. The Kier molecular flexibility index (Phi) is 5.49. The van der Waals surface area contributed by atoms with Crippen LogP contribution in [0.2, 0.25) is 0 Å².